The number of carbonyl (C=O) groups is 1. The fourth-order valence-electron chi connectivity index (χ4n) is 2.00. The van der Waals surface area contributed by atoms with Gasteiger partial charge in [0.15, 0.2) is 0 Å². The van der Waals surface area contributed by atoms with E-state index in [0.29, 0.717) is 18.2 Å². The Hall–Kier alpha value is -2.80. The van der Waals surface area contributed by atoms with Gasteiger partial charge in [0.05, 0.1) is 12.2 Å². The van der Waals surface area contributed by atoms with E-state index in [-0.39, 0.29) is 11.6 Å². The normalized spacial score (nSPS) is 10.2. The molecule has 6 nitrogen and oxygen atoms in total. The second-order valence-corrected chi connectivity index (χ2v) is 5.82. The third-order valence-corrected chi connectivity index (χ3v) is 3.62. The van der Waals surface area contributed by atoms with Gasteiger partial charge in [-0.1, -0.05) is 28.1 Å². The van der Waals surface area contributed by atoms with Gasteiger partial charge in [-0.2, -0.15) is 0 Å². The van der Waals surface area contributed by atoms with Crippen LogP contribution in [-0.2, 0) is 6.54 Å². The van der Waals surface area contributed by atoms with Gasteiger partial charge in [0.25, 0.3) is 5.91 Å². The lowest BCUT2D eigenvalue weighted by molar-refractivity contribution is 0.102. The lowest BCUT2D eigenvalue weighted by Crippen LogP contribution is -2.15. The van der Waals surface area contributed by atoms with Crippen molar-refractivity contribution in [3.05, 3.63) is 76.8 Å². The Kier molecular flexibility index (Phi) is 5.12. The lowest BCUT2D eigenvalue weighted by atomic mass is 10.3. The van der Waals surface area contributed by atoms with Crippen molar-refractivity contribution in [2.75, 3.05) is 10.6 Å². The molecule has 0 unspecified atom stereocenters. The first-order valence-corrected chi connectivity index (χ1v) is 8.04. The molecule has 3 rings (SSSR count). The van der Waals surface area contributed by atoms with Gasteiger partial charge in [-0.3, -0.25) is 9.78 Å². The maximum absolute atomic E-state index is 12.3. The van der Waals surface area contributed by atoms with Gasteiger partial charge in [-0.05, 0) is 36.4 Å². The summed E-state index contributed by atoms with van der Waals surface area (Å²) in [6, 6.07) is 14.6. The minimum Gasteiger partial charge on any atom is -0.349 e. The van der Waals surface area contributed by atoms with E-state index in [4.69, 9.17) is 0 Å². The fourth-order valence-corrected chi connectivity index (χ4v) is 2.40. The van der Waals surface area contributed by atoms with Crippen LogP contribution in [0.5, 0.6) is 0 Å². The Bertz CT molecular complexity index is 841. The molecule has 2 aromatic heterocycles. The predicted octanol–water partition coefficient (Wildman–Crippen LogP) is 3.50. The second-order valence-electron chi connectivity index (χ2n) is 4.90. The summed E-state index contributed by atoms with van der Waals surface area (Å²) in [7, 11) is 0. The van der Waals surface area contributed by atoms with Gasteiger partial charge in [0.2, 0.25) is 5.95 Å². The molecule has 0 aliphatic rings. The minimum absolute atomic E-state index is 0.286. The van der Waals surface area contributed by atoms with Crippen LogP contribution in [0.3, 0.4) is 0 Å². The largest absolute Gasteiger partial charge is 0.349 e. The zero-order valence-corrected chi connectivity index (χ0v) is 14.2. The van der Waals surface area contributed by atoms with Crippen LogP contribution in [0.2, 0.25) is 0 Å². The Morgan fingerprint density at radius 3 is 2.75 bits per heavy atom. The van der Waals surface area contributed by atoms with Crippen LogP contribution in [-0.4, -0.2) is 20.9 Å². The molecule has 24 heavy (non-hydrogen) atoms. The van der Waals surface area contributed by atoms with E-state index in [9.17, 15) is 4.79 Å². The highest BCUT2D eigenvalue weighted by atomic mass is 79.9. The van der Waals surface area contributed by atoms with Crippen LogP contribution >= 0.6 is 15.9 Å². The number of anilines is 2. The van der Waals surface area contributed by atoms with Crippen LogP contribution in [0.25, 0.3) is 0 Å². The number of nitrogens with zero attached hydrogens (tertiary/aromatic N) is 3. The summed E-state index contributed by atoms with van der Waals surface area (Å²) in [5.74, 6) is 0.0823. The SMILES string of the molecule is O=C(Nc1cccc(Br)c1)c1ccnc(NCc2ccccn2)n1. The summed E-state index contributed by atoms with van der Waals surface area (Å²) < 4.78 is 0.890. The van der Waals surface area contributed by atoms with Crippen LogP contribution in [0.15, 0.2) is 65.4 Å². The van der Waals surface area contributed by atoms with E-state index < -0.39 is 0 Å². The van der Waals surface area contributed by atoms with Gasteiger partial charge in [-0.15, -0.1) is 0 Å². The molecule has 0 spiro atoms. The van der Waals surface area contributed by atoms with Crippen molar-refractivity contribution in [1.82, 2.24) is 15.0 Å². The smallest absolute Gasteiger partial charge is 0.274 e. The quantitative estimate of drug-likeness (QED) is 0.704. The van der Waals surface area contributed by atoms with E-state index in [1.165, 1.54) is 0 Å². The van der Waals surface area contributed by atoms with Gasteiger partial charge in [0.1, 0.15) is 5.69 Å². The molecule has 1 amide bonds. The number of carbonyl (C=O) groups excluding carboxylic acids is 1. The van der Waals surface area contributed by atoms with E-state index >= 15 is 0 Å². The maximum Gasteiger partial charge on any atom is 0.274 e. The average molecular weight is 384 g/mol. The third kappa shape index (κ3) is 4.36. The molecule has 2 N–H and O–H groups in total. The maximum atomic E-state index is 12.3. The molecule has 0 aliphatic carbocycles. The number of pyridine rings is 1. The molecule has 1 aromatic carbocycles. The van der Waals surface area contributed by atoms with Crippen molar-refractivity contribution < 1.29 is 4.79 Å². The van der Waals surface area contributed by atoms with Gasteiger partial charge < -0.3 is 10.6 Å². The van der Waals surface area contributed by atoms with Crippen LogP contribution in [0.4, 0.5) is 11.6 Å². The van der Waals surface area contributed by atoms with Gasteiger partial charge >= 0.3 is 0 Å². The predicted molar refractivity (Wildman–Crippen MR) is 95.7 cm³/mol. The first-order chi connectivity index (χ1) is 11.7. The summed E-state index contributed by atoms with van der Waals surface area (Å²) in [6.07, 6.45) is 3.27. The first-order valence-electron chi connectivity index (χ1n) is 7.24. The van der Waals surface area contributed by atoms with Gasteiger partial charge in [-0.25, -0.2) is 9.97 Å². The molecule has 0 bridgehead atoms. The van der Waals surface area contributed by atoms with E-state index in [2.05, 4.69) is 41.5 Å². The number of rotatable bonds is 5. The number of halogens is 1. The van der Waals surface area contributed by atoms with E-state index in [0.717, 1.165) is 10.2 Å². The highest BCUT2D eigenvalue weighted by molar-refractivity contribution is 9.10. The number of nitrogens with one attached hydrogen (secondary N) is 2. The highest BCUT2D eigenvalue weighted by Gasteiger charge is 2.09. The second kappa shape index (κ2) is 7.65. The molecule has 2 heterocycles. The summed E-state index contributed by atoms with van der Waals surface area (Å²) in [5.41, 5.74) is 1.84. The number of aromatic nitrogens is 3. The van der Waals surface area contributed by atoms with Crippen LogP contribution < -0.4 is 10.6 Å². The Labute approximate surface area is 147 Å². The number of hydrogen-bond acceptors (Lipinski definition) is 5. The molecule has 0 aliphatic heterocycles. The number of hydrogen-bond donors (Lipinski definition) is 2. The van der Waals surface area contributed by atoms with Crippen molar-refractivity contribution in [2.45, 2.75) is 6.54 Å². The summed E-state index contributed by atoms with van der Waals surface area (Å²) in [4.78, 5) is 24.9. The van der Waals surface area contributed by atoms with E-state index in [1.807, 2.05) is 42.5 Å². The molecule has 0 fully saturated rings. The zero-order chi connectivity index (χ0) is 16.8. The topological polar surface area (TPSA) is 79.8 Å². The van der Waals surface area contributed by atoms with Crippen molar-refractivity contribution in [2.24, 2.45) is 0 Å². The molecule has 0 saturated carbocycles. The molecule has 7 heteroatoms. The standard InChI is InChI=1S/C17H14BrN5O/c18-12-4-3-6-13(10-12)22-16(24)15-7-9-20-17(23-15)21-11-14-5-1-2-8-19-14/h1-10H,11H2,(H,22,24)(H,20,21,23). The summed E-state index contributed by atoms with van der Waals surface area (Å²) >= 11 is 3.37. The molecule has 0 atom stereocenters. The van der Waals surface area contributed by atoms with Crippen molar-refractivity contribution >= 4 is 33.5 Å². The molecule has 0 radical (unpaired) electrons. The van der Waals surface area contributed by atoms with Crippen molar-refractivity contribution in [3.8, 4) is 0 Å². The highest BCUT2D eigenvalue weighted by Crippen LogP contribution is 2.16. The fraction of sp³-hybridized carbons (Fsp3) is 0.0588. The number of benzene rings is 1. The van der Waals surface area contributed by atoms with Crippen molar-refractivity contribution in [3.63, 3.8) is 0 Å². The Morgan fingerprint density at radius 2 is 1.96 bits per heavy atom. The zero-order valence-electron chi connectivity index (χ0n) is 12.6. The molecule has 3 aromatic rings. The van der Waals surface area contributed by atoms with Crippen molar-refractivity contribution in [1.29, 1.82) is 0 Å². The molecular weight excluding hydrogens is 370 g/mol. The molecular formula is C17H14BrN5O. The van der Waals surface area contributed by atoms with Gasteiger partial charge in [0, 0.05) is 22.6 Å². The van der Waals surface area contributed by atoms with Crippen LogP contribution in [0, 0.1) is 0 Å². The third-order valence-electron chi connectivity index (χ3n) is 3.12. The average Bonchev–Trinajstić information content (AvgIpc) is 2.61. The molecule has 0 saturated heterocycles. The summed E-state index contributed by atoms with van der Waals surface area (Å²) in [5, 5.41) is 5.86. The monoisotopic (exact) mass is 383 g/mol. The minimum atomic E-state index is -0.295. The summed E-state index contributed by atoms with van der Waals surface area (Å²) in [6.45, 7) is 0.484. The lowest BCUT2D eigenvalue weighted by Gasteiger charge is -2.07. The molecule has 120 valence electrons. The first kappa shape index (κ1) is 16.1. The Balaban J connectivity index is 1.67. The van der Waals surface area contributed by atoms with E-state index in [1.54, 1.807) is 18.5 Å². The Morgan fingerprint density at radius 1 is 1.04 bits per heavy atom. The van der Waals surface area contributed by atoms with Crippen LogP contribution in [0.1, 0.15) is 16.2 Å². The number of amides is 1.